The van der Waals surface area contributed by atoms with E-state index in [0.29, 0.717) is 23.7 Å². The lowest BCUT2D eigenvalue weighted by atomic mass is 10.1. The van der Waals surface area contributed by atoms with Crippen LogP contribution in [0, 0.1) is 0 Å². The first-order chi connectivity index (χ1) is 14.6. The van der Waals surface area contributed by atoms with E-state index < -0.39 is 11.1 Å². The molecule has 30 heavy (non-hydrogen) atoms. The molecule has 1 aromatic heterocycles. The molecule has 3 aromatic rings. The molecule has 0 saturated carbocycles. The van der Waals surface area contributed by atoms with Crippen LogP contribution in [0.4, 0.5) is 5.69 Å². The maximum atomic E-state index is 12.7. The minimum absolute atomic E-state index is 0.237. The molecule has 0 radical (unpaired) electrons. The lowest BCUT2D eigenvalue weighted by Gasteiger charge is -2.13. The molecular weight excluding hydrogens is 382 g/mol. The predicted octanol–water partition coefficient (Wildman–Crippen LogP) is 2.53. The monoisotopic (exact) mass is 405 g/mol. The minimum atomic E-state index is -0.770. The number of hydrogen-bond acceptors (Lipinski definition) is 4. The molecule has 0 bridgehead atoms. The van der Waals surface area contributed by atoms with Gasteiger partial charge >= 0.3 is 11.1 Å². The molecular formula is C23H23N3O4. The van der Waals surface area contributed by atoms with Crippen molar-refractivity contribution in [2.24, 2.45) is 0 Å². The van der Waals surface area contributed by atoms with Gasteiger partial charge in [0.15, 0.2) is 0 Å². The van der Waals surface area contributed by atoms with Crippen molar-refractivity contribution in [2.75, 3.05) is 11.9 Å². The van der Waals surface area contributed by atoms with Crippen molar-refractivity contribution in [3.8, 4) is 11.4 Å². The Bertz CT molecular complexity index is 1210. The molecule has 0 fully saturated rings. The van der Waals surface area contributed by atoms with Crippen molar-refractivity contribution in [1.29, 1.82) is 0 Å². The number of para-hydroxylation sites is 2. The molecule has 4 rings (SSSR count). The summed E-state index contributed by atoms with van der Waals surface area (Å²) in [4.78, 5) is 37.7. The molecule has 0 unspecified atom stereocenters. The predicted molar refractivity (Wildman–Crippen MR) is 115 cm³/mol. The summed E-state index contributed by atoms with van der Waals surface area (Å²) in [7, 11) is 0. The molecule has 1 aliphatic carbocycles. The fourth-order valence-electron chi connectivity index (χ4n) is 3.76. The number of hydrogen-bond donors (Lipinski definition) is 1. The van der Waals surface area contributed by atoms with Gasteiger partial charge in [0.1, 0.15) is 12.3 Å². The summed E-state index contributed by atoms with van der Waals surface area (Å²) in [5, 5.41) is 2.81. The zero-order chi connectivity index (χ0) is 21.1. The van der Waals surface area contributed by atoms with Gasteiger partial charge in [-0.15, -0.1) is 0 Å². The fourth-order valence-corrected chi connectivity index (χ4v) is 3.76. The summed E-state index contributed by atoms with van der Waals surface area (Å²) >= 11 is 0. The van der Waals surface area contributed by atoms with Gasteiger partial charge in [0, 0.05) is 18.1 Å². The van der Waals surface area contributed by atoms with Crippen molar-refractivity contribution < 1.29 is 9.53 Å². The summed E-state index contributed by atoms with van der Waals surface area (Å²) in [5.74, 6) is 0.149. The SMILES string of the molecule is CCOc1ccccc1-n1ccn(CC(=O)Nc2ccc3c(c2)CCC3)c(=O)c1=O. The van der Waals surface area contributed by atoms with E-state index in [4.69, 9.17) is 4.74 Å². The average molecular weight is 405 g/mol. The van der Waals surface area contributed by atoms with Crippen LogP contribution in [0.3, 0.4) is 0 Å². The van der Waals surface area contributed by atoms with Gasteiger partial charge in [-0.05, 0) is 61.6 Å². The molecule has 154 valence electrons. The van der Waals surface area contributed by atoms with Gasteiger partial charge in [-0.1, -0.05) is 18.2 Å². The Hall–Kier alpha value is -3.61. The van der Waals surface area contributed by atoms with Crippen molar-refractivity contribution in [3.05, 3.63) is 86.7 Å². The number of ether oxygens (including phenoxy) is 1. The zero-order valence-corrected chi connectivity index (χ0v) is 16.8. The first kappa shape index (κ1) is 19.7. The highest BCUT2D eigenvalue weighted by molar-refractivity contribution is 5.90. The molecule has 1 N–H and O–H groups in total. The van der Waals surface area contributed by atoms with Crippen molar-refractivity contribution in [3.63, 3.8) is 0 Å². The van der Waals surface area contributed by atoms with Gasteiger partial charge in [0.25, 0.3) is 0 Å². The maximum Gasteiger partial charge on any atom is 0.321 e. The Morgan fingerprint density at radius 1 is 1.03 bits per heavy atom. The molecule has 1 aliphatic rings. The molecule has 2 aromatic carbocycles. The standard InChI is InChI=1S/C23H23N3O4/c1-2-30-20-9-4-3-8-19(20)26-13-12-25(22(28)23(26)29)15-21(27)24-18-11-10-16-6-5-7-17(16)14-18/h3-4,8-14H,2,5-7,15H2,1H3,(H,24,27). The number of fused-ring (bicyclic) bond motifs is 1. The largest absolute Gasteiger partial charge is 0.492 e. The third-order valence-corrected chi connectivity index (χ3v) is 5.18. The molecule has 1 heterocycles. The van der Waals surface area contributed by atoms with Crippen molar-refractivity contribution in [1.82, 2.24) is 9.13 Å². The second-order valence-electron chi connectivity index (χ2n) is 7.19. The van der Waals surface area contributed by atoms with Crippen LogP contribution in [0.15, 0.2) is 64.4 Å². The number of rotatable bonds is 6. The number of carbonyl (C=O) groups excluding carboxylic acids is 1. The quantitative estimate of drug-likeness (QED) is 0.639. The Morgan fingerprint density at radius 2 is 1.83 bits per heavy atom. The second-order valence-corrected chi connectivity index (χ2v) is 7.19. The first-order valence-electron chi connectivity index (χ1n) is 10.0. The Balaban J connectivity index is 1.55. The van der Waals surface area contributed by atoms with E-state index in [1.165, 1.54) is 28.1 Å². The Kier molecular flexibility index (Phi) is 5.52. The number of carbonyl (C=O) groups is 1. The normalized spacial score (nSPS) is 12.4. The van der Waals surface area contributed by atoms with Gasteiger partial charge in [-0.25, -0.2) is 0 Å². The smallest absolute Gasteiger partial charge is 0.321 e. The summed E-state index contributed by atoms with van der Waals surface area (Å²) in [6, 6.07) is 12.9. The number of aryl methyl sites for hydroxylation is 2. The van der Waals surface area contributed by atoms with E-state index in [9.17, 15) is 14.4 Å². The third-order valence-electron chi connectivity index (χ3n) is 5.18. The van der Waals surface area contributed by atoms with Gasteiger partial charge in [-0.3, -0.25) is 23.5 Å². The summed E-state index contributed by atoms with van der Waals surface area (Å²) in [6.07, 6.45) is 6.13. The summed E-state index contributed by atoms with van der Waals surface area (Å²) in [6.45, 7) is 2.04. The molecule has 0 aliphatic heterocycles. The van der Waals surface area contributed by atoms with E-state index >= 15 is 0 Å². The third kappa shape index (κ3) is 3.91. The van der Waals surface area contributed by atoms with Crippen LogP contribution >= 0.6 is 0 Å². The van der Waals surface area contributed by atoms with Crippen LogP contribution in [0.2, 0.25) is 0 Å². The Morgan fingerprint density at radius 3 is 2.67 bits per heavy atom. The fraction of sp³-hybridized carbons (Fsp3) is 0.261. The highest BCUT2D eigenvalue weighted by atomic mass is 16.5. The van der Waals surface area contributed by atoms with Crippen molar-refractivity contribution >= 4 is 11.6 Å². The molecule has 7 heteroatoms. The zero-order valence-electron chi connectivity index (χ0n) is 16.8. The number of benzene rings is 2. The number of aromatic nitrogens is 2. The van der Waals surface area contributed by atoms with Crippen LogP contribution < -0.4 is 21.2 Å². The number of amides is 1. The highest BCUT2D eigenvalue weighted by Gasteiger charge is 2.14. The van der Waals surface area contributed by atoms with E-state index in [1.807, 2.05) is 25.1 Å². The second kappa shape index (κ2) is 8.41. The van der Waals surface area contributed by atoms with E-state index in [2.05, 4.69) is 5.32 Å². The molecule has 0 atom stereocenters. The van der Waals surface area contributed by atoms with Gasteiger partial charge < -0.3 is 10.1 Å². The molecule has 7 nitrogen and oxygen atoms in total. The van der Waals surface area contributed by atoms with Crippen LogP contribution in [0.1, 0.15) is 24.5 Å². The van der Waals surface area contributed by atoms with E-state index in [1.54, 1.807) is 24.3 Å². The van der Waals surface area contributed by atoms with Crippen molar-refractivity contribution in [2.45, 2.75) is 32.7 Å². The lowest BCUT2D eigenvalue weighted by Crippen LogP contribution is -2.41. The van der Waals surface area contributed by atoms with E-state index in [0.717, 1.165) is 23.8 Å². The van der Waals surface area contributed by atoms with Gasteiger partial charge in [0.05, 0.1) is 12.3 Å². The summed E-state index contributed by atoms with van der Waals surface area (Å²) < 4.78 is 7.90. The van der Waals surface area contributed by atoms with Gasteiger partial charge in [0.2, 0.25) is 5.91 Å². The Labute approximate surface area is 173 Å². The topological polar surface area (TPSA) is 82.3 Å². The van der Waals surface area contributed by atoms with Crippen LogP contribution in [0.5, 0.6) is 5.75 Å². The number of nitrogens with zero attached hydrogens (tertiary/aromatic N) is 2. The molecule has 1 amide bonds. The van der Waals surface area contributed by atoms with Gasteiger partial charge in [-0.2, -0.15) is 0 Å². The highest BCUT2D eigenvalue weighted by Crippen LogP contribution is 2.25. The first-order valence-corrected chi connectivity index (χ1v) is 10.0. The molecule has 0 spiro atoms. The number of anilines is 1. The lowest BCUT2D eigenvalue weighted by molar-refractivity contribution is -0.116. The molecule has 0 saturated heterocycles. The summed E-state index contributed by atoms with van der Waals surface area (Å²) in [5.41, 5.74) is 2.24. The number of nitrogens with one attached hydrogen (secondary N) is 1. The maximum absolute atomic E-state index is 12.7. The average Bonchev–Trinajstić information content (AvgIpc) is 3.20. The minimum Gasteiger partial charge on any atom is -0.492 e. The van der Waals surface area contributed by atoms with Crippen LogP contribution in [-0.4, -0.2) is 21.6 Å². The van der Waals surface area contributed by atoms with E-state index in [-0.39, 0.29) is 12.5 Å². The van der Waals surface area contributed by atoms with Crippen LogP contribution in [-0.2, 0) is 24.2 Å². The van der Waals surface area contributed by atoms with Crippen LogP contribution in [0.25, 0.3) is 5.69 Å².